The van der Waals surface area contributed by atoms with Crippen LogP contribution >= 0.6 is 0 Å². The Bertz CT molecular complexity index is 673. The molecule has 1 saturated carbocycles. The summed E-state index contributed by atoms with van der Waals surface area (Å²) in [5, 5.41) is 3.52. The largest absolute Gasteiger partial charge is 0.465 e. The molecule has 3 rings (SSSR count). The Morgan fingerprint density at radius 2 is 1.60 bits per heavy atom. The van der Waals surface area contributed by atoms with E-state index in [1.807, 2.05) is 13.0 Å². The Kier molecular flexibility index (Phi) is 5.87. The van der Waals surface area contributed by atoms with Gasteiger partial charge >= 0.3 is 5.97 Å². The molecule has 0 aliphatic heterocycles. The van der Waals surface area contributed by atoms with Gasteiger partial charge in [-0.25, -0.2) is 0 Å². The highest BCUT2D eigenvalue weighted by atomic mass is 16.5. The molecule has 0 bridgehead atoms. The molecule has 0 heterocycles. The van der Waals surface area contributed by atoms with Gasteiger partial charge in [0.15, 0.2) is 0 Å². The Balaban J connectivity index is 1.67. The molecule has 3 heteroatoms. The molecular weight excluding hydrogens is 310 g/mol. The first-order valence-electron chi connectivity index (χ1n) is 9.30. The second-order valence-corrected chi connectivity index (χ2v) is 6.78. The first-order chi connectivity index (χ1) is 12.2. The van der Waals surface area contributed by atoms with E-state index < -0.39 is 5.54 Å². The standard InChI is InChI=1S/C22H27NO2/c1-2-25-21(24)22(15-7-4-8-16-22)23-17-18-11-13-20(14-12-18)19-9-5-3-6-10-19/h3,5-6,9-14,23H,2,4,7-8,15-17H2,1H3. The fourth-order valence-electron chi connectivity index (χ4n) is 3.59. The number of carbonyl (C=O) groups excluding carboxylic acids is 1. The first-order valence-corrected chi connectivity index (χ1v) is 9.30. The fraction of sp³-hybridized carbons (Fsp3) is 0.409. The highest BCUT2D eigenvalue weighted by Crippen LogP contribution is 2.30. The van der Waals surface area contributed by atoms with Crippen molar-refractivity contribution in [3.8, 4) is 11.1 Å². The van der Waals surface area contributed by atoms with Crippen LogP contribution in [-0.2, 0) is 16.1 Å². The molecule has 0 atom stereocenters. The van der Waals surface area contributed by atoms with Crippen molar-refractivity contribution < 1.29 is 9.53 Å². The molecule has 1 N–H and O–H groups in total. The number of hydrogen-bond acceptors (Lipinski definition) is 3. The van der Waals surface area contributed by atoms with Crippen molar-refractivity contribution in [1.82, 2.24) is 5.32 Å². The maximum absolute atomic E-state index is 12.5. The summed E-state index contributed by atoms with van der Waals surface area (Å²) in [4.78, 5) is 12.5. The first kappa shape index (κ1) is 17.7. The Hall–Kier alpha value is -2.13. The Labute approximate surface area is 150 Å². The van der Waals surface area contributed by atoms with E-state index in [-0.39, 0.29) is 5.97 Å². The molecule has 1 aliphatic carbocycles. The van der Waals surface area contributed by atoms with Crippen molar-refractivity contribution in [2.45, 2.75) is 51.1 Å². The average Bonchev–Trinajstić information content (AvgIpc) is 2.68. The van der Waals surface area contributed by atoms with E-state index in [9.17, 15) is 4.79 Å². The highest BCUT2D eigenvalue weighted by molar-refractivity contribution is 5.81. The minimum absolute atomic E-state index is 0.0874. The van der Waals surface area contributed by atoms with Crippen LogP contribution in [0.15, 0.2) is 54.6 Å². The molecule has 0 unspecified atom stereocenters. The van der Waals surface area contributed by atoms with Gasteiger partial charge < -0.3 is 4.74 Å². The quantitative estimate of drug-likeness (QED) is 0.776. The number of hydrogen-bond donors (Lipinski definition) is 1. The van der Waals surface area contributed by atoms with Gasteiger partial charge in [-0.3, -0.25) is 10.1 Å². The lowest BCUT2D eigenvalue weighted by Crippen LogP contribution is -2.53. The molecule has 0 amide bonds. The van der Waals surface area contributed by atoms with Gasteiger partial charge in [0.05, 0.1) is 6.61 Å². The molecule has 1 aliphatic rings. The summed E-state index contributed by atoms with van der Waals surface area (Å²) in [6.45, 7) is 3.00. The SMILES string of the molecule is CCOC(=O)C1(NCc2ccc(-c3ccccc3)cc2)CCCCC1. The molecule has 0 spiro atoms. The highest BCUT2D eigenvalue weighted by Gasteiger charge is 2.40. The van der Waals surface area contributed by atoms with Crippen LogP contribution in [0.5, 0.6) is 0 Å². The molecular formula is C22H27NO2. The molecule has 2 aromatic rings. The van der Waals surface area contributed by atoms with Crippen LogP contribution in [0.2, 0.25) is 0 Å². The maximum Gasteiger partial charge on any atom is 0.326 e. The third-order valence-corrected chi connectivity index (χ3v) is 5.07. The van der Waals surface area contributed by atoms with Crippen molar-refractivity contribution in [1.29, 1.82) is 0 Å². The topological polar surface area (TPSA) is 38.3 Å². The molecule has 2 aromatic carbocycles. The third kappa shape index (κ3) is 4.29. The summed E-state index contributed by atoms with van der Waals surface area (Å²) in [5.74, 6) is -0.0874. The lowest BCUT2D eigenvalue weighted by atomic mass is 9.81. The Morgan fingerprint density at radius 3 is 2.24 bits per heavy atom. The zero-order valence-electron chi connectivity index (χ0n) is 15.0. The lowest BCUT2D eigenvalue weighted by Gasteiger charge is -2.35. The maximum atomic E-state index is 12.5. The molecule has 0 aromatic heterocycles. The molecule has 25 heavy (non-hydrogen) atoms. The van der Waals surface area contributed by atoms with Crippen LogP contribution in [0, 0.1) is 0 Å². The molecule has 0 saturated heterocycles. The van der Waals surface area contributed by atoms with Crippen molar-refractivity contribution in [2.24, 2.45) is 0 Å². The summed E-state index contributed by atoms with van der Waals surface area (Å²) in [5.41, 5.74) is 3.11. The monoisotopic (exact) mass is 337 g/mol. The minimum atomic E-state index is -0.508. The van der Waals surface area contributed by atoms with Crippen molar-refractivity contribution in [2.75, 3.05) is 6.61 Å². The number of carbonyl (C=O) groups is 1. The third-order valence-electron chi connectivity index (χ3n) is 5.07. The van der Waals surface area contributed by atoms with Gasteiger partial charge in [0, 0.05) is 6.54 Å². The van der Waals surface area contributed by atoms with Gasteiger partial charge in [0.1, 0.15) is 5.54 Å². The van der Waals surface area contributed by atoms with Gasteiger partial charge in [-0.1, -0.05) is 73.9 Å². The van der Waals surface area contributed by atoms with Gasteiger partial charge in [-0.15, -0.1) is 0 Å². The molecule has 132 valence electrons. The van der Waals surface area contributed by atoms with Gasteiger partial charge in [-0.05, 0) is 36.5 Å². The van der Waals surface area contributed by atoms with E-state index in [2.05, 4.69) is 53.8 Å². The van der Waals surface area contributed by atoms with Crippen LogP contribution in [0.4, 0.5) is 0 Å². The fourth-order valence-corrected chi connectivity index (χ4v) is 3.59. The van der Waals surface area contributed by atoms with E-state index in [4.69, 9.17) is 4.74 Å². The van der Waals surface area contributed by atoms with Crippen LogP contribution < -0.4 is 5.32 Å². The molecule has 1 fully saturated rings. The van der Waals surface area contributed by atoms with Gasteiger partial charge in [0.2, 0.25) is 0 Å². The minimum Gasteiger partial charge on any atom is -0.465 e. The number of esters is 1. The van der Waals surface area contributed by atoms with E-state index >= 15 is 0 Å². The van der Waals surface area contributed by atoms with Crippen molar-refractivity contribution in [3.05, 3.63) is 60.2 Å². The van der Waals surface area contributed by atoms with E-state index in [0.29, 0.717) is 13.2 Å². The summed E-state index contributed by atoms with van der Waals surface area (Å²) in [6, 6.07) is 18.9. The van der Waals surface area contributed by atoms with E-state index in [0.717, 1.165) is 25.7 Å². The lowest BCUT2D eigenvalue weighted by molar-refractivity contribution is -0.153. The van der Waals surface area contributed by atoms with Crippen molar-refractivity contribution in [3.63, 3.8) is 0 Å². The van der Waals surface area contributed by atoms with Crippen LogP contribution in [0.3, 0.4) is 0 Å². The predicted molar refractivity (Wildman–Crippen MR) is 101 cm³/mol. The zero-order valence-corrected chi connectivity index (χ0v) is 15.0. The second kappa shape index (κ2) is 8.30. The molecule has 0 radical (unpaired) electrons. The van der Waals surface area contributed by atoms with Crippen LogP contribution in [-0.4, -0.2) is 18.1 Å². The number of rotatable bonds is 6. The summed E-state index contributed by atoms with van der Waals surface area (Å²) >= 11 is 0. The number of nitrogens with one attached hydrogen (secondary N) is 1. The van der Waals surface area contributed by atoms with Crippen molar-refractivity contribution >= 4 is 5.97 Å². The predicted octanol–water partition coefficient (Wildman–Crippen LogP) is 4.71. The molecule has 3 nitrogen and oxygen atoms in total. The van der Waals surface area contributed by atoms with E-state index in [1.165, 1.54) is 23.1 Å². The van der Waals surface area contributed by atoms with E-state index in [1.54, 1.807) is 0 Å². The van der Waals surface area contributed by atoms with Gasteiger partial charge in [-0.2, -0.15) is 0 Å². The smallest absolute Gasteiger partial charge is 0.326 e. The zero-order chi connectivity index (χ0) is 17.5. The second-order valence-electron chi connectivity index (χ2n) is 6.78. The number of ether oxygens (including phenoxy) is 1. The Morgan fingerprint density at radius 1 is 0.960 bits per heavy atom. The van der Waals surface area contributed by atoms with Crippen LogP contribution in [0.25, 0.3) is 11.1 Å². The van der Waals surface area contributed by atoms with Gasteiger partial charge in [0.25, 0.3) is 0 Å². The number of benzene rings is 2. The normalized spacial score (nSPS) is 16.4. The van der Waals surface area contributed by atoms with Crippen LogP contribution in [0.1, 0.15) is 44.6 Å². The average molecular weight is 337 g/mol. The summed E-state index contributed by atoms with van der Waals surface area (Å²) in [7, 11) is 0. The summed E-state index contributed by atoms with van der Waals surface area (Å²) in [6.07, 6.45) is 5.11. The summed E-state index contributed by atoms with van der Waals surface area (Å²) < 4.78 is 5.35.